The van der Waals surface area contributed by atoms with Crippen LogP contribution in [-0.2, 0) is 11.3 Å². The Balaban J connectivity index is 1.58. The largest absolute Gasteiger partial charge is 0.481 e. The lowest BCUT2D eigenvalue weighted by molar-refractivity contribution is -0.122. The molecule has 0 spiro atoms. The van der Waals surface area contributed by atoms with E-state index in [1.165, 1.54) is 29.8 Å². The lowest BCUT2D eigenvalue weighted by atomic mass is 10.1. The maximum Gasteiger partial charge on any atom is 0.265 e. The van der Waals surface area contributed by atoms with Crippen LogP contribution in [0.2, 0.25) is 0 Å². The molecule has 142 valence electrons. The summed E-state index contributed by atoms with van der Waals surface area (Å²) in [5.74, 6) is -0.155. The zero-order valence-electron chi connectivity index (χ0n) is 15.8. The SMILES string of the molecule is CCn1c2ccccc2c2cc(NC(=O)[C@H](C)Oc3ccc(F)cc3)ccc21. The van der Waals surface area contributed by atoms with Crippen molar-refractivity contribution < 1.29 is 13.9 Å². The minimum Gasteiger partial charge on any atom is -0.481 e. The van der Waals surface area contributed by atoms with E-state index in [4.69, 9.17) is 4.74 Å². The number of ether oxygens (including phenoxy) is 1. The third-order valence-electron chi connectivity index (χ3n) is 4.85. The molecule has 28 heavy (non-hydrogen) atoms. The minimum absolute atomic E-state index is 0.261. The quantitative estimate of drug-likeness (QED) is 0.510. The van der Waals surface area contributed by atoms with Gasteiger partial charge in [-0.1, -0.05) is 18.2 Å². The Morgan fingerprint density at radius 1 is 1.04 bits per heavy atom. The number of anilines is 1. The van der Waals surface area contributed by atoms with E-state index < -0.39 is 6.10 Å². The van der Waals surface area contributed by atoms with Crippen LogP contribution in [0.3, 0.4) is 0 Å². The summed E-state index contributed by atoms with van der Waals surface area (Å²) < 4.78 is 20.9. The van der Waals surface area contributed by atoms with Crippen LogP contribution >= 0.6 is 0 Å². The Labute approximate surface area is 162 Å². The van der Waals surface area contributed by atoms with Gasteiger partial charge in [-0.2, -0.15) is 0 Å². The van der Waals surface area contributed by atoms with Crippen LogP contribution in [-0.4, -0.2) is 16.6 Å². The molecule has 0 bridgehead atoms. The number of rotatable bonds is 5. The summed E-state index contributed by atoms with van der Waals surface area (Å²) in [7, 11) is 0. The van der Waals surface area contributed by atoms with Crippen molar-refractivity contribution in [3.8, 4) is 5.75 Å². The number of carbonyl (C=O) groups is 1. The maximum atomic E-state index is 13.0. The molecule has 3 aromatic carbocycles. The van der Waals surface area contributed by atoms with Gasteiger partial charge in [0.15, 0.2) is 6.10 Å². The molecule has 4 aromatic rings. The van der Waals surface area contributed by atoms with Crippen LogP contribution in [0.15, 0.2) is 66.7 Å². The van der Waals surface area contributed by atoms with Crippen LogP contribution in [0.1, 0.15) is 13.8 Å². The summed E-state index contributed by atoms with van der Waals surface area (Å²) in [5.41, 5.74) is 3.03. The highest BCUT2D eigenvalue weighted by atomic mass is 19.1. The number of fused-ring (bicyclic) bond motifs is 3. The first-order valence-corrected chi connectivity index (χ1v) is 9.31. The van der Waals surface area contributed by atoms with Gasteiger partial charge in [-0.3, -0.25) is 4.79 Å². The summed E-state index contributed by atoms with van der Waals surface area (Å²) in [4.78, 5) is 12.5. The average molecular weight is 376 g/mol. The van der Waals surface area contributed by atoms with Gasteiger partial charge in [-0.15, -0.1) is 0 Å². The normalized spacial score (nSPS) is 12.2. The molecule has 1 aromatic heterocycles. The first kappa shape index (κ1) is 18.0. The Hall–Kier alpha value is -3.34. The molecular formula is C23H21FN2O2. The summed E-state index contributed by atoms with van der Waals surface area (Å²) in [6.45, 7) is 4.66. The zero-order valence-corrected chi connectivity index (χ0v) is 15.8. The van der Waals surface area contributed by atoms with E-state index in [1.807, 2.05) is 30.3 Å². The molecular weight excluding hydrogens is 355 g/mol. The third-order valence-corrected chi connectivity index (χ3v) is 4.85. The molecule has 1 amide bonds. The van der Waals surface area contributed by atoms with E-state index in [2.05, 4.69) is 28.9 Å². The monoisotopic (exact) mass is 376 g/mol. The number of halogens is 1. The van der Waals surface area contributed by atoms with Crippen molar-refractivity contribution in [1.29, 1.82) is 0 Å². The van der Waals surface area contributed by atoms with Crippen molar-refractivity contribution in [3.05, 3.63) is 72.5 Å². The third kappa shape index (κ3) is 3.31. The van der Waals surface area contributed by atoms with E-state index in [1.54, 1.807) is 6.92 Å². The maximum absolute atomic E-state index is 13.0. The summed E-state index contributed by atoms with van der Waals surface area (Å²) in [6, 6.07) is 19.8. The summed E-state index contributed by atoms with van der Waals surface area (Å²) in [5, 5.41) is 5.17. The molecule has 4 nitrogen and oxygen atoms in total. The van der Waals surface area contributed by atoms with Gasteiger partial charge in [-0.25, -0.2) is 4.39 Å². The van der Waals surface area contributed by atoms with E-state index in [9.17, 15) is 9.18 Å². The fraction of sp³-hybridized carbons (Fsp3) is 0.174. The fourth-order valence-corrected chi connectivity index (χ4v) is 3.49. The number of aryl methyl sites for hydroxylation is 1. The summed E-state index contributed by atoms with van der Waals surface area (Å²) >= 11 is 0. The van der Waals surface area contributed by atoms with Crippen molar-refractivity contribution in [2.75, 3.05) is 5.32 Å². The highest BCUT2D eigenvalue weighted by Crippen LogP contribution is 2.31. The molecule has 1 N–H and O–H groups in total. The van der Waals surface area contributed by atoms with Crippen LogP contribution in [0.4, 0.5) is 10.1 Å². The fourth-order valence-electron chi connectivity index (χ4n) is 3.49. The van der Waals surface area contributed by atoms with Gasteiger partial charge in [0.05, 0.1) is 0 Å². The molecule has 0 radical (unpaired) electrons. The number of nitrogens with one attached hydrogen (secondary N) is 1. The number of carbonyl (C=O) groups excluding carboxylic acids is 1. The van der Waals surface area contributed by atoms with E-state index in [-0.39, 0.29) is 11.7 Å². The highest BCUT2D eigenvalue weighted by Gasteiger charge is 2.16. The first-order valence-electron chi connectivity index (χ1n) is 9.31. The van der Waals surface area contributed by atoms with Crippen LogP contribution < -0.4 is 10.1 Å². The predicted octanol–water partition coefficient (Wildman–Crippen LogP) is 5.36. The zero-order chi connectivity index (χ0) is 19.7. The molecule has 0 saturated carbocycles. The predicted molar refractivity (Wildman–Crippen MR) is 110 cm³/mol. The first-order chi connectivity index (χ1) is 13.6. The second kappa shape index (κ2) is 7.35. The van der Waals surface area contributed by atoms with Crippen LogP contribution in [0.5, 0.6) is 5.75 Å². The lowest BCUT2D eigenvalue weighted by Gasteiger charge is -2.15. The van der Waals surface area contributed by atoms with Crippen molar-refractivity contribution in [2.24, 2.45) is 0 Å². The second-order valence-electron chi connectivity index (χ2n) is 6.70. The van der Waals surface area contributed by atoms with Crippen molar-refractivity contribution in [2.45, 2.75) is 26.5 Å². The van der Waals surface area contributed by atoms with Crippen molar-refractivity contribution >= 4 is 33.4 Å². The number of benzene rings is 3. The van der Waals surface area contributed by atoms with Crippen molar-refractivity contribution in [3.63, 3.8) is 0 Å². The standard InChI is InChI=1S/C23H21FN2O2/c1-3-26-21-7-5-4-6-19(21)20-14-17(10-13-22(20)26)25-23(27)15(2)28-18-11-8-16(24)9-12-18/h4-15H,3H2,1-2H3,(H,25,27)/t15-/m0/s1. The van der Waals surface area contributed by atoms with Gasteiger partial charge in [-0.05, 0) is 62.4 Å². The molecule has 0 fully saturated rings. The van der Waals surface area contributed by atoms with Gasteiger partial charge < -0.3 is 14.6 Å². The topological polar surface area (TPSA) is 43.3 Å². The number of hydrogen-bond donors (Lipinski definition) is 1. The number of nitrogens with zero attached hydrogens (tertiary/aromatic N) is 1. The Kier molecular flexibility index (Phi) is 4.74. The average Bonchev–Trinajstić information content (AvgIpc) is 3.02. The Bertz CT molecular complexity index is 1150. The molecule has 5 heteroatoms. The van der Waals surface area contributed by atoms with Gasteiger partial charge in [0.1, 0.15) is 11.6 Å². The van der Waals surface area contributed by atoms with Gasteiger partial charge in [0, 0.05) is 34.0 Å². The van der Waals surface area contributed by atoms with E-state index in [0.717, 1.165) is 22.8 Å². The molecule has 0 aliphatic carbocycles. The molecule has 4 rings (SSSR count). The molecule has 0 unspecified atom stereocenters. The smallest absolute Gasteiger partial charge is 0.265 e. The summed E-state index contributed by atoms with van der Waals surface area (Å²) in [6.07, 6.45) is -0.710. The second-order valence-corrected chi connectivity index (χ2v) is 6.70. The van der Waals surface area contributed by atoms with E-state index in [0.29, 0.717) is 11.4 Å². The Morgan fingerprint density at radius 3 is 2.50 bits per heavy atom. The van der Waals surface area contributed by atoms with Gasteiger partial charge in [0.2, 0.25) is 0 Å². The molecule has 0 aliphatic heterocycles. The van der Waals surface area contributed by atoms with Crippen LogP contribution in [0, 0.1) is 5.82 Å². The molecule has 0 saturated heterocycles. The number of amides is 1. The molecule has 1 heterocycles. The minimum atomic E-state index is -0.710. The number of hydrogen-bond acceptors (Lipinski definition) is 2. The molecule has 1 atom stereocenters. The van der Waals surface area contributed by atoms with Gasteiger partial charge >= 0.3 is 0 Å². The van der Waals surface area contributed by atoms with Gasteiger partial charge in [0.25, 0.3) is 5.91 Å². The number of aromatic nitrogens is 1. The van der Waals surface area contributed by atoms with E-state index >= 15 is 0 Å². The highest BCUT2D eigenvalue weighted by molar-refractivity contribution is 6.10. The van der Waals surface area contributed by atoms with Crippen LogP contribution in [0.25, 0.3) is 21.8 Å². The Morgan fingerprint density at radius 2 is 1.75 bits per heavy atom. The lowest BCUT2D eigenvalue weighted by Crippen LogP contribution is -2.30. The van der Waals surface area contributed by atoms with Crippen molar-refractivity contribution in [1.82, 2.24) is 4.57 Å². The molecule has 0 aliphatic rings. The number of para-hydroxylation sites is 1.